The SMILES string of the molecule is Cc1nc(-c2ccc(Oc3ccc(F)cc3F)c(-c3c(C)noc3C)c2)sc1C(=O)O. The van der Waals surface area contributed by atoms with Crippen molar-refractivity contribution in [1.29, 1.82) is 0 Å². The number of aromatic nitrogens is 2. The van der Waals surface area contributed by atoms with Crippen molar-refractivity contribution in [1.82, 2.24) is 10.1 Å². The number of rotatable bonds is 5. The lowest BCUT2D eigenvalue weighted by atomic mass is 10.0. The van der Waals surface area contributed by atoms with E-state index in [2.05, 4.69) is 10.1 Å². The number of ether oxygens (including phenoxy) is 1. The molecule has 6 nitrogen and oxygen atoms in total. The third-order valence-electron chi connectivity index (χ3n) is 4.63. The molecule has 4 aromatic rings. The number of halogens is 2. The van der Waals surface area contributed by atoms with E-state index >= 15 is 0 Å². The predicted molar refractivity (Wildman–Crippen MR) is 111 cm³/mol. The van der Waals surface area contributed by atoms with Gasteiger partial charge < -0.3 is 14.4 Å². The molecule has 2 aromatic heterocycles. The van der Waals surface area contributed by atoms with Crippen LogP contribution in [0.2, 0.25) is 0 Å². The average Bonchev–Trinajstić information content (AvgIpc) is 3.26. The van der Waals surface area contributed by atoms with Gasteiger partial charge in [-0.2, -0.15) is 0 Å². The average molecular weight is 442 g/mol. The smallest absolute Gasteiger partial charge is 0.347 e. The minimum atomic E-state index is -1.04. The fourth-order valence-corrected chi connectivity index (χ4v) is 4.11. The van der Waals surface area contributed by atoms with Gasteiger partial charge in [-0.1, -0.05) is 5.16 Å². The zero-order valence-electron chi connectivity index (χ0n) is 16.7. The van der Waals surface area contributed by atoms with E-state index in [1.165, 1.54) is 6.07 Å². The summed E-state index contributed by atoms with van der Waals surface area (Å²) in [5.41, 5.74) is 2.89. The van der Waals surface area contributed by atoms with Crippen LogP contribution in [0.5, 0.6) is 11.5 Å². The van der Waals surface area contributed by atoms with Crippen LogP contribution in [0.25, 0.3) is 21.7 Å². The Bertz CT molecular complexity index is 1290. The Morgan fingerprint density at radius 1 is 1.06 bits per heavy atom. The highest BCUT2D eigenvalue weighted by atomic mass is 32.1. The van der Waals surface area contributed by atoms with Crippen LogP contribution in [-0.4, -0.2) is 21.2 Å². The lowest BCUT2D eigenvalue weighted by molar-refractivity contribution is 0.0701. The molecule has 0 bridgehead atoms. The van der Waals surface area contributed by atoms with Crippen molar-refractivity contribution >= 4 is 17.3 Å². The lowest BCUT2D eigenvalue weighted by Crippen LogP contribution is -1.94. The molecule has 2 aromatic carbocycles. The molecule has 1 N–H and O–H groups in total. The van der Waals surface area contributed by atoms with E-state index in [-0.39, 0.29) is 10.6 Å². The fourth-order valence-electron chi connectivity index (χ4n) is 3.21. The number of carboxylic acid groups (broad SMARTS) is 1. The molecule has 0 aliphatic carbocycles. The number of hydrogen-bond acceptors (Lipinski definition) is 6. The Hall–Kier alpha value is -3.59. The van der Waals surface area contributed by atoms with E-state index in [1.54, 1.807) is 39.0 Å². The minimum Gasteiger partial charge on any atom is -0.477 e. The molecule has 0 radical (unpaired) electrons. The molecule has 9 heteroatoms. The first-order valence-corrected chi connectivity index (χ1v) is 9.97. The van der Waals surface area contributed by atoms with Crippen LogP contribution in [-0.2, 0) is 0 Å². The van der Waals surface area contributed by atoms with Crippen LogP contribution in [0.3, 0.4) is 0 Å². The summed E-state index contributed by atoms with van der Waals surface area (Å²) in [6, 6.07) is 8.13. The molecule has 2 heterocycles. The monoisotopic (exact) mass is 442 g/mol. The molecule has 158 valence electrons. The van der Waals surface area contributed by atoms with Crippen LogP contribution in [0, 0.1) is 32.4 Å². The first-order chi connectivity index (χ1) is 14.7. The second kappa shape index (κ2) is 7.92. The predicted octanol–water partition coefficient (Wildman–Crippen LogP) is 6.16. The van der Waals surface area contributed by atoms with Gasteiger partial charge in [0.1, 0.15) is 27.2 Å². The van der Waals surface area contributed by atoms with Gasteiger partial charge in [0.05, 0.1) is 17.0 Å². The number of aryl methyl sites for hydroxylation is 3. The van der Waals surface area contributed by atoms with Crippen molar-refractivity contribution in [2.75, 3.05) is 0 Å². The van der Waals surface area contributed by atoms with E-state index in [9.17, 15) is 18.7 Å². The molecular weight excluding hydrogens is 426 g/mol. The number of carbonyl (C=O) groups is 1. The summed E-state index contributed by atoms with van der Waals surface area (Å²) in [6.45, 7) is 5.13. The van der Waals surface area contributed by atoms with E-state index in [0.717, 1.165) is 23.5 Å². The molecule has 0 unspecified atom stereocenters. The Balaban J connectivity index is 1.86. The summed E-state index contributed by atoms with van der Waals surface area (Å²) in [5.74, 6) is -1.90. The Kier molecular flexibility index (Phi) is 5.28. The largest absolute Gasteiger partial charge is 0.477 e. The number of hydrogen-bond donors (Lipinski definition) is 1. The second-order valence-electron chi connectivity index (χ2n) is 6.83. The zero-order chi connectivity index (χ0) is 22.3. The van der Waals surface area contributed by atoms with Gasteiger partial charge in [-0.25, -0.2) is 18.6 Å². The van der Waals surface area contributed by atoms with Crippen molar-refractivity contribution in [2.45, 2.75) is 20.8 Å². The summed E-state index contributed by atoms with van der Waals surface area (Å²) in [5, 5.41) is 13.8. The molecule has 0 aliphatic heterocycles. The Morgan fingerprint density at radius 2 is 1.81 bits per heavy atom. The number of carboxylic acids is 1. The van der Waals surface area contributed by atoms with Crippen molar-refractivity contribution in [3.8, 4) is 33.2 Å². The zero-order valence-corrected chi connectivity index (χ0v) is 17.5. The highest BCUT2D eigenvalue weighted by Gasteiger charge is 2.21. The molecular formula is C22H16F2N2O4S. The van der Waals surface area contributed by atoms with E-state index in [0.29, 0.717) is 44.6 Å². The molecule has 4 rings (SSSR count). The maximum Gasteiger partial charge on any atom is 0.347 e. The standard InChI is InChI=1S/C22H16F2N2O4S/c1-10-19(12(3)30-26-10)15-8-13(21-25-11(2)20(31-21)22(27)28)4-6-17(15)29-18-7-5-14(23)9-16(18)24/h4-9H,1-3H3,(H,27,28). The van der Waals surface area contributed by atoms with Gasteiger partial charge in [0.2, 0.25) is 0 Å². The van der Waals surface area contributed by atoms with E-state index in [4.69, 9.17) is 9.26 Å². The highest BCUT2D eigenvalue weighted by molar-refractivity contribution is 7.17. The lowest BCUT2D eigenvalue weighted by Gasteiger charge is -2.13. The van der Waals surface area contributed by atoms with Crippen molar-refractivity contribution in [2.24, 2.45) is 0 Å². The van der Waals surface area contributed by atoms with Gasteiger partial charge in [-0.15, -0.1) is 11.3 Å². The molecule has 0 saturated heterocycles. The van der Waals surface area contributed by atoms with Crippen LogP contribution in [0.1, 0.15) is 26.8 Å². The maximum absolute atomic E-state index is 14.2. The van der Waals surface area contributed by atoms with E-state index < -0.39 is 17.6 Å². The molecule has 0 amide bonds. The third kappa shape index (κ3) is 3.91. The molecule has 0 saturated carbocycles. The van der Waals surface area contributed by atoms with Crippen LogP contribution < -0.4 is 4.74 Å². The summed E-state index contributed by atoms with van der Waals surface area (Å²) in [7, 11) is 0. The fraction of sp³-hybridized carbons (Fsp3) is 0.136. The quantitative estimate of drug-likeness (QED) is 0.398. The normalized spacial score (nSPS) is 11.0. The van der Waals surface area contributed by atoms with Gasteiger partial charge in [-0.05, 0) is 51.1 Å². The van der Waals surface area contributed by atoms with Gasteiger partial charge >= 0.3 is 5.97 Å². The Morgan fingerprint density at radius 3 is 2.42 bits per heavy atom. The number of nitrogens with zero attached hydrogens (tertiary/aromatic N) is 2. The van der Waals surface area contributed by atoms with Gasteiger partial charge in [0, 0.05) is 17.2 Å². The number of aromatic carboxylic acids is 1. The second-order valence-corrected chi connectivity index (χ2v) is 7.82. The first kappa shape index (κ1) is 20.7. The summed E-state index contributed by atoms with van der Waals surface area (Å²) >= 11 is 1.06. The first-order valence-electron chi connectivity index (χ1n) is 9.16. The van der Waals surface area contributed by atoms with Crippen LogP contribution >= 0.6 is 11.3 Å². The summed E-state index contributed by atoms with van der Waals surface area (Å²) in [6.07, 6.45) is 0. The number of thiazole rings is 1. The molecule has 31 heavy (non-hydrogen) atoms. The molecule has 0 aliphatic rings. The topological polar surface area (TPSA) is 85.5 Å². The van der Waals surface area contributed by atoms with Crippen molar-refractivity contribution in [3.63, 3.8) is 0 Å². The minimum absolute atomic E-state index is 0.139. The van der Waals surface area contributed by atoms with Crippen LogP contribution in [0.15, 0.2) is 40.9 Å². The van der Waals surface area contributed by atoms with Crippen molar-refractivity contribution in [3.05, 3.63) is 70.1 Å². The van der Waals surface area contributed by atoms with Gasteiger partial charge in [-0.3, -0.25) is 0 Å². The highest BCUT2D eigenvalue weighted by Crippen LogP contribution is 2.41. The molecule has 0 atom stereocenters. The van der Waals surface area contributed by atoms with Crippen LogP contribution in [0.4, 0.5) is 8.78 Å². The number of benzene rings is 2. The van der Waals surface area contributed by atoms with Crippen molar-refractivity contribution < 1.29 is 27.9 Å². The molecule has 0 spiro atoms. The third-order valence-corrected chi connectivity index (χ3v) is 5.83. The summed E-state index contributed by atoms with van der Waals surface area (Å²) in [4.78, 5) is 15.9. The Labute approximate surface area is 179 Å². The van der Waals surface area contributed by atoms with Gasteiger partial charge in [0.25, 0.3) is 0 Å². The summed E-state index contributed by atoms with van der Waals surface area (Å²) < 4.78 is 38.5. The van der Waals surface area contributed by atoms with Gasteiger partial charge in [0.15, 0.2) is 11.6 Å². The maximum atomic E-state index is 14.2. The van der Waals surface area contributed by atoms with E-state index in [1.807, 2.05) is 0 Å². The molecule has 0 fully saturated rings.